The maximum absolute atomic E-state index is 12.0. The van der Waals surface area contributed by atoms with Crippen molar-refractivity contribution >= 4 is 5.78 Å². The zero-order valence-corrected chi connectivity index (χ0v) is 11.0. The number of nitrogens with zero attached hydrogens (tertiary/aromatic N) is 1. The molecule has 1 aromatic rings. The average molecular weight is 266 g/mol. The van der Waals surface area contributed by atoms with Gasteiger partial charge in [-0.25, -0.2) is 4.79 Å². The molecule has 0 saturated carbocycles. The van der Waals surface area contributed by atoms with E-state index in [4.69, 9.17) is 4.74 Å². The summed E-state index contributed by atoms with van der Waals surface area (Å²) in [5.41, 5.74) is -0.984. The van der Waals surface area contributed by atoms with E-state index in [0.717, 1.165) is 30.4 Å². The quantitative estimate of drug-likeness (QED) is 0.813. The highest BCUT2D eigenvalue weighted by atomic mass is 16.5. The summed E-state index contributed by atoms with van der Waals surface area (Å²) in [4.78, 5) is 37.3. The number of Topliss-reactive ketones (excluding diaryl/α,β-unsaturated/α-hetero) is 1. The maximum Gasteiger partial charge on any atom is 0.328 e. The largest absolute Gasteiger partial charge is 0.378 e. The van der Waals surface area contributed by atoms with Crippen LogP contribution in [0.3, 0.4) is 0 Å². The highest BCUT2D eigenvalue weighted by molar-refractivity contribution is 5.93. The Hall–Kier alpha value is -1.69. The van der Waals surface area contributed by atoms with Crippen LogP contribution in [0.2, 0.25) is 0 Å². The number of carbonyl (C=O) groups is 1. The highest BCUT2D eigenvalue weighted by Gasteiger charge is 2.16. The van der Waals surface area contributed by atoms with E-state index < -0.39 is 11.2 Å². The van der Waals surface area contributed by atoms with Crippen LogP contribution >= 0.6 is 0 Å². The summed E-state index contributed by atoms with van der Waals surface area (Å²) < 4.78 is 6.64. The van der Waals surface area contributed by atoms with Crippen molar-refractivity contribution in [3.8, 4) is 0 Å². The molecule has 1 aliphatic heterocycles. The van der Waals surface area contributed by atoms with Gasteiger partial charge in [-0.15, -0.1) is 0 Å². The predicted octanol–water partition coefficient (Wildman–Crippen LogP) is 0.698. The molecule has 2 rings (SSSR count). The summed E-state index contributed by atoms with van der Waals surface area (Å²) in [6, 6.07) is 0. The number of hydrogen-bond donors (Lipinski definition) is 1. The van der Waals surface area contributed by atoms with E-state index in [0.29, 0.717) is 6.42 Å². The Morgan fingerprint density at radius 3 is 2.89 bits per heavy atom. The third-order valence-corrected chi connectivity index (χ3v) is 3.39. The number of aromatic nitrogens is 2. The minimum atomic E-state index is -0.521. The van der Waals surface area contributed by atoms with Crippen molar-refractivity contribution in [3.05, 3.63) is 32.6 Å². The van der Waals surface area contributed by atoms with Crippen molar-refractivity contribution in [2.24, 2.45) is 0 Å². The molecular formula is C13H18N2O4. The number of nitrogens with one attached hydrogen (secondary N) is 1. The van der Waals surface area contributed by atoms with Crippen LogP contribution in [0.15, 0.2) is 15.8 Å². The number of aromatic amines is 1. The molecule has 6 nitrogen and oxygen atoms in total. The molecule has 1 atom stereocenters. The van der Waals surface area contributed by atoms with Crippen molar-refractivity contribution in [3.63, 3.8) is 0 Å². The molecule has 19 heavy (non-hydrogen) atoms. The molecule has 1 N–H and O–H groups in total. The Balaban J connectivity index is 2.15. The topological polar surface area (TPSA) is 81.2 Å². The molecule has 0 amide bonds. The summed E-state index contributed by atoms with van der Waals surface area (Å²) in [5.74, 6) is -0.344. The molecule has 0 spiro atoms. The first-order chi connectivity index (χ1) is 9.09. The van der Waals surface area contributed by atoms with Gasteiger partial charge in [-0.3, -0.25) is 14.2 Å². The second-order valence-electron chi connectivity index (χ2n) is 4.80. The molecule has 0 aliphatic carbocycles. The van der Waals surface area contributed by atoms with Crippen LogP contribution in [0.5, 0.6) is 0 Å². The lowest BCUT2D eigenvalue weighted by Crippen LogP contribution is -2.38. The monoisotopic (exact) mass is 266 g/mol. The van der Waals surface area contributed by atoms with Crippen LogP contribution in [-0.4, -0.2) is 28.0 Å². The molecule has 0 aromatic carbocycles. The lowest BCUT2D eigenvalue weighted by Gasteiger charge is -2.22. The van der Waals surface area contributed by atoms with Crippen LogP contribution in [-0.2, 0) is 11.3 Å². The summed E-state index contributed by atoms with van der Waals surface area (Å²) >= 11 is 0. The first-order valence-corrected chi connectivity index (χ1v) is 6.54. The van der Waals surface area contributed by atoms with Crippen LogP contribution in [0, 0.1) is 0 Å². The Bertz CT molecular complexity index is 567. The molecule has 6 heteroatoms. The zero-order valence-electron chi connectivity index (χ0n) is 11.0. The lowest BCUT2D eigenvalue weighted by atomic mass is 10.1. The SMILES string of the molecule is CC(=O)c1c[nH]c(=O)n(CCC2CCCCO2)c1=O. The predicted molar refractivity (Wildman–Crippen MR) is 69.5 cm³/mol. The van der Waals surface area contributed by atoms with Gasteiger partial charge < -0.3 is 9.72 Å². The summed E-state index contributed by atoms with van der Waals surface area (Å²) in [5, 5.41) is 0. The first kappa shape index (κ1) is 13.7. The number of ether oxygens (including phenoxy) is 1. The Kier molecular flexibility index (Phi) is 4.31. The number of rotatable bonds is 4. The van der Waals surface area contributed by atoms with Crippen molar-refractivity contribution < 1.29 is 9.53 Å². The van der Waals surface area contributed by atoms with Crippen LogP contribution in [0.25, 0.3) is 0 Å². The normalized spacial score (nSPS) is 19.3. The molecule has 1 aliphatic rings. The number of carbonyl (C=O) groups excluding carboxylic acids is 1. The van der Waals surface area contributed by atoms with Crippen molar-refractivity contribution in [2.45, 2.75) is 45.3 Å². The lowest BCUT2D eigenvalue weighted by molar-refractivity contribution is 0.00847. The minimum absolute atomic E-state index is 0.0177. The van der Waals surface area contributed by atoms with E-state index in [9.17, 15) is 14.4 Å². The Morgan fingerprint density at radius 1 is 1.47 bits per heavy atom. The van der Waals surface area contributed by atoms with E-state index in [1.165, 1.54) is 13.1 Å². The molecule has 1 unspecified atom stereocenters. The molecule has 1 fully saturated rings. The molecule has 0 radical (unpaired) electrons. The fourth-order valence-corrected chi connectivity index (χ4v) is 2.27. The summed E-state index contributed by atoms with van der Waals surface area (Å²) in [6.45, 7) is 2.33. The molecule has 2 heterocycles. The van der Waals surface area contributed by atoms with Gasteiger partial charge in [-0.05, 0) is 32.6 Å². The zero-order chi connectivity index (χ0) is 13.8. The van der Waals surface area contributed by atoms with Gasteiger partial charge in [0.2, 0.25) is 0 Å². The van der Waals surface area contributed by atoms with Gasteiger partial charge in [0.1, 0.15) is 0 Å². The highest BCUT2D eigenvalue weighted by Crippen LogP contribution is 2.15. The van der Waals surface area contributed by atoms with E-state index in [1.54, 1.807) is 0 Å². The van der Waals surface area contributed by atoms with Gasteiger partial charge in [0.25, 0.3) is 5.56 Å². The van der Waals surface area contributed by atoms with Gasteiger partial charge in [0.15, 0.2) is 5.78 Å². The molecule has 104 valence electrons. The third-order valence-electron chi connectivity index (χ3n) is 3.39. The molecule has 1 aromatic heterocycles. The minimum Gasteiger partial charge on any atom is -0.378 e. The molecule has 0 bridgehead atoms. The van der Waals surface area contributed by atoms with Gasteiger partial charge in [-0.1, -0.05) is 0 Å². The van der Waals surface area contributed by atoms with Gasteiger partial charge >= 0.3 is 5.69 Å². The maximum atomic E-state index is 12.0. The first-order valence-electron chi connectivity index (χ1n) is 6.54. The summed E-state index contributed by atoms with van der Waals surface area (Å²) in [7, 11) is 0. The van der Waals surface area contributed by atoms with Gasteiger partial charge in [-0.2, -0.15) is 0 Å². The van der Waals surface area contributed by atoms with E-state index in [-0.39, 0.29) is 24.0 Å². The Labute approximate surface area is 110 Å². The van der Waals surface area contributed by atoms with E-state index in [1.807, 2.05) is 0 Å². The fourth-order valence-electron chi connectivity index (χ4n) is 2.27. The second-order valence-corrected chi connectivity index (χ2v) is 4.80. The van der Waals surface area contributed by atoms with Crippen molar-refractivity contribution in [1.29, 1.82) is 0 Å². The molecular weight excluding hydrogens is 248 g/mol. The van der Waals surface area contributed by atoms with Gasteiger partial charge in [0, 0.05) is 19.3 Å². The smallest absolute Gasteiger partial charge is 0.328 e. The van der Waals surface area contributed by atoms with Crippen LogP contribution < -0.4 is 11.2 Å². The third kappa shape index (κ3) is 3.20. The number of H-pyrrole nitrogens is 1. The van der Waals surface area contributed by atoms with Crippen molar-refractivity contribution in [1.82, 2.24) is 9.55 Å². The number of hydrogen-bond acceptors (Lipinski definition) is 4. The molecule has 1 saturated heterocycles. The Morgan fingerprint density at radius 2 is 2.26 bits per heavy atom. The van der Waals surface area contributed by atoms with Crippen molar-refractivity contribution in [2.75, 3.05) is 6.61 Å². The van der Waals surface area contributed by atoms with Crippen LogP contribution in [0.4, 0.5) is 0 Å². The average Bonchev–Trinajstić information content (AvgIpc) is 2.39. The number of ketones is 1. The fraction of sp³-hybridized carbons (Fsp3) is 0.615. The summed E-state index contributed by atoms with van der Waals surface area (Å²) in [6.07, 6.45) is 5.03. The van der Waals surface area contributed by atoms with E-state index >= 15 is 0 Å². The van der Waals surface area contributed by atoms with E-state index in [2.05, 4.69) is 4.98 Å². The standard InChI is InChI=1S/C13H18N2O4/c1-9(16)11-8-14-13(18)15(12(11)17)6-5-10-4-2-3-7-19-10/h8,10H,2-7H2,1H3,(H,14,18). The van der Waals surface area contributed by atoms with Crippen LogP contribution in [0.1, 0.15) is 43.0 Å². The van der Waals surface area contributed by atoms with Gasteiger partial charge in [0.05, 0.1) is 11.7 Å². The second kappa shape index (κ2) is 5.97.